The van der Waals surface area contributed by atoms with E-state index in [1.807, 2.05) is 0 Å². The fraction of sp³-hybridized carbons (Fsp3) is 0.172. The summed E-state index contributed by atoms with van der Waals surface area (Å²) in [6.45, 7) is 0. The van der Waals surface area contributed by atoms with E-state index >= 15 is 0 Å². The summed E-state index contributed by atoms with van der Waals surface area (Å²) in [4.78, 5) is 0. The van der Waals surface area contributed by atoms with Crippen LogP contribution in [0.15, 0.2) is 243 Å². The van der Waals surface area contributed by atoms with Crippen molar-refractivity contribution in [2.24, 2.45) is 0 Å². The molecule has 0 amide bonds. The molecule has 8 aromatic carbocycles. The van der Waals surface area contributed by atoms with E-state index in [-0.39, 0.29) is 0 Å². The monoisotopic (exact) mass is 1000 g/mol. The van der Waals surface area contributed by atoms with Gasteiger partial charge in [-0.1, -0.05) is 281 Å². The fourth-order valence-electron chi connectivity index (χ4n) is 8.72. The van der Waals surface area contributed by atoms with Crippen molar-refractivity contribution < 1.29 is 0 Å². The molecule has 0 aromatic heterocycles. The third-order valence-electron chi connectivity index (χ3n) is 11.9. The molecule has 0 bridgehead atoms. The highest BCUT2D eigenvalue weighted by molar-refractivity contribution is 9.03. The largest absolute Gasteiger partial charge is 0.0622 e. The third kappa shape index (κ3) is 12.3. The zero-order chi connectivity index (χ0) is 44.6. The van der Waals surface area contributed by atoms with E-state index < -0.39 is 59.0 Å². The first-order valence-electron chi connectivity index (χ1n) is 23.6. The summed E-state index contributed by atoms with van der Waals surface area (Å²) < 4.78 is 0. The lowest BCUT2D eigenvalue weighted by Crippen LogP contribution is -2.16. The molecular formula is C58H60P8. The van der Waals surface area contributed by atoms with Gasteiger partial charge in [0.2, 0.25) is 0 Å². The fourth-order valence-corrected chi connectivity index (χ4v) is 90.4. The van der Waals surface area contributed by atoms with Crippen molar-refractivity contribution in [2.45, 2.75) is 51.4 Å². The smallest absolute Gasteiger partial charge is 0.00564 e. The van der Waals surface area contributed by atoms with Crippen molar-refractivity contribution in [2.75, 3.05) is 12.3 Å². The molecule has 8 atom stereocenters. The predicted octanol–water partition coefficient (Wildman–Crippen LogP) is 17.0. The van der Waals surface area contributed by atoms with Crippen LogP contribution >= 0.6 is 59.0 Å². The molecule has 8 aromatic rings. The van der Waals surface area contributed by atoms with Crippen LogP contribution in [0, 0.1) is 0 Å². The minimum atomic E-state index is -0.794. The van der Waals surface area contributed by atoms with Gasteiger partial charge in [0, 0.05) is 0 Å². The second kappa shape index (κ2) is 25.7. The van der Waals surface area contributed by atoms with Crippen LogP contribution in [0.25, 0.3) is 0 Å². The van der Waals surface area contributed by atoms with Crippen LogP contribution in [-0.4, -0.2) is 12.3 Å². The molecule has 1 aliphatic rings. The van der Waals surface area contributed by atoms with Crippen molar-refractivity contribution in [1.29, 1.82) is 0 Å². The van der Waals surface area contributed by atoms with Crippen molar-refractivity contribution >= 4 is 101 Å². The number of benzene rings is 8. The van der Waals surface area contributed by atoms with Gasteiger partial charge in [-0.3, -0.25) is 0 Å². The minimum absolute atomic E-state index is 0.536. The van der Waals surface area contributed by atoms with Crippen LogP contribution in [0.3, 0.4) is 0 Å². The first-order chi connectivity index (χ1) is 32.8. The summed E-state index contributed by atoms with van der Waals surface area (Å²) in [5.74, 6) is 0. The second-order valence-electron chi connectivity index (χ2n) is 16.5. The van der Waals surface area contributed by atoms with Gasteiger partial charge in [0.25, 0.3) is 0 Å². The van der Waals surface area contributed by atoms with Gasteiger partial charge in [-0.25, -0.2) is 0 Å². The topological polar surface area (TPSA) is 0 Å². The van der Waals surface area contributed by atoms with Crippen LogP contribution in [0.1, 0.15) is 51.4 Å². The number of hydrogen-bond donors (Lipinski definition) is 0. The normalized spacial score (nSPS) is 23.8. The van der Waals surface area contributed by atoms with Crippen molar-refractivity contribution in [3.05, 3.63) is 243 Å². The molecule has 0 nitrogen and oxygen atoms in total. The van der Waals surface area contributed by atoms with Crippen LogP contribution in [0.2, 0.25) is 0 Å². The summed E-state index contributed by atoms with van der Waals surface area (Å²) >= 11 is 0. The third-order valence-corrected chi connectivity index (χ3v) is 67.8. The molecule has 0 N–H and O–H groups in total. The van der Waals surface area contributed by atoms with Gasteiger partial charge in [-0.05, 0) is 127 Å². The molecule has 8 unspecified atom stereocenters. The van der Waals surface area contributed by atoms with Gasteiger partial charge in [-0.15, -0.1) is 0 Å². The highest BCUT2D eigenvalue weighted by Crippen LogP contribution is 3.10. The van der Waals surface area contributed by atoms with E-state index in [4.69, 9.17) is 0 Å². The predicted molar refractivity (Wildman–Crippen MR) is 311 cm³/mol. The average Bonchev–Trinajstić information content (AvgIpc) is 3.40. The zero-order valence-electron chi connectivity index (χ0n) is 37.7. The van der Waals surface area contributed by atoms with Crippen LogP contribution < -0.4 is 42.4 Å². The minimum Gasteiger partial charge on any atom is -0.0622 e. The molecule has 1 heterocycles. The summed E-state index contributed by atoms with van der Waals surface area (Å²) in [5, 5.41) is 12.8. The Hall–Kier alpha value is -2.80. The maximum atomic E-state index is 2.57. The van der Waals surface area contributed by atoms with Crippen molar-refractivity contribution in [3.63, 3.8) is 0 Å². The summed E-state index contributed by atoms with van der Waals surface area (Å²) in [6.07, 6.45) is 13.3. The van der Waals surface area contributed by atoms with Gasteiger partial charge in [-0.2, -0.15) is 0 Å². The van der Waals surface area contributed by atoms with E-state index in [0.717, 1.165) is 0 Å². The Morgan fingerprint density at radius 2 is 0.333 bits per heavy atom. The molecular weight excluding hydrogens is 944 g/mol. The molecule has 9 rings (SSSR count). The van der Waals surface area contributed by atoms with Gasteiger partial charge < -0.3 is 0 Å². The highest BCUT2D eigenvalue weighted by atomic mass is 32.9. The Balaban J connectivity index is 1.40. The lowest BCUT2D eigenvalue weighted by atomic mass is 10.1. The Labute approximate surface area is 405 Å². The van der Waals surface area contributed by atoms with E-state index in [0.29, 0.717) is 0 Å². The first-order valence-corrected chi connectivity index (χ1v) is 39.6. The SMILES string of the molecule is c1ccc(P2CCCCCCCCCCP(c3ccccc3)P(c3ccccc3)P(c3ccccc3)P(c3ccccc3)P(c3ccccc3)P(c3ccccc3)P2c2ccccc2)cc1. The van der Waals surface area contributed by atoms with Crippen LogP contribution in [0.5, 0.6) is 0 Å². The maximum Gasteiger partial charge on any atom is -0.00564 e. The molecule has 1 aliphatic heterocycles. The van der Waals surface area contributed by atoms with E-state index in [1.54, 1.807) is 42.4 Å². The van der Waals surface area contributed by atoms with Gasteiger partial charge >= 0.3 is 0 Å². The lowest BCUT2D eigenvalue weighted by molar-refractivity contribution is 0.587. The molecule has 332 valence electrons. The number of rotatable bonds is 8. The van der Waals surface area contributed by atoms with Gasteiger partial charge in [0.15, 0.2) is 0 Å². The quantitative estimate of drug-likeness (QED) is 0.133. The van der Waals surface area contributed by atoms with Gasteiger partial charge in [0.1, 0.15) is 0 Å². The Kier molecular flexibility index (Phi) is 18.8. The average molecular weight is 1000 g/mol. The maximum absolute atomic E-state index is 2.57. The molecule has 1 saturated heterocycles. The molecule has 0 aliphatic carbocycles. The Bertz CT molecular complexity index is 2390. The summed E-state index contributed by atoms with van der Waals surface area (Å²) in [5.41, 5.74) is 0. The van der Waals surface area contributed by atoms with Crippen molar-refractivity contribution in [3.8, 4) is 0 Å². The van der Waals surface area contributed by atoms with E-state index in [1.165, 1.54) is 63.7 Å². The lowest BCUT2D eigenvalue weighted by Gasteiger charge is -2.48. The Morgan fingerprint density at radius 3 is 0.561 bits per heavy atom. The summed E-state index contributed by atoms with van der Waals surface area (Å²) in [7, 11) is -5.51. The standard InChI is InChI=1S/C58H60P8/c1-2-4-6-32-50-60(52-35-17-8-18-36-52)62(54-39-21-10-22-40-54)64(56-43-25-12-26-44-56)66(58-47-29-14-30-48-58)65(57-45-27-13-28-46-57)63(55-41-23-11-24-42-55)61(53-37-19-9-20-38-53)59(49-31-5-3-1)51-33-15-7-16-34-51/h7-30,33-48H,1-6,31-32,49-50H2. The molecule has 8 heteroatoms. The van der Waals surface area contributed by atoms with Crippen LogP contribution in [-0.2, 0) is 0 Å². The van der Waals surface area contributed by atoms with Crippen molar-refractivity contribution in [1.82, 2.24) is 0 Å². The Morgan fingerprint density at radius 1 is 0.167 bits per heavy atom. The molecule has 0 saturated carbocycles. The zero-order valence-corrected chi connectivity index (χ0v) is 44.9. The first kappa shape index (κ1) is 48.2. The molecule has 0 radical (unpaired) electrons. The van der Waals surface area contributed by atoms with E-state index in [2.05, 4.69) is 243 Å². The molecule has 66 heavy (non-hydrogen) atoms. The molecule has 0 spiro atoms. The summed E-state index contributed by atoms with van der Waals surface area (Å²) in [6, 6.07) is 96.4. The second-order valence-corrected chi connectivity index (χ2v) is 49.6. The van der Waals surface area contributed by atoms with Crippen LogP contribution in [0.4, 0.5) is 0 Å². The highest BCUT2D eigenvalue weighted by Gasteiger charge is 2.48. The van der Waals surface area contributed by atoms with Gasteiger partial charge in [0.05, 0.1) is 0 Å². The molecule has 1 fully saturated rings. The van der Waals surface area contributed by atoms with E-state index in [9.17, 15) is 0 Å². The number of hydrogen-bond acceptors (Lipinski definition) is 0.